The average molecular weight is 523 g/mol. The Labute approximate surface area is 226 Å². The predicted octanol–water partition coefficient (Wildman–Crippen LogP) is 4.11. The van der Waals surface area contributed by atoms with Crippen molar-refractivity contribution < 1.29 is 19.1 Å². The Morgan fingerprint density at radius 2 is 1.74 bits per heavy atom. The zero-order valence-electron chi connectivity index (χ0n) is 21.7. The molecule has 8 heteroatoms. The van der Waals surface area contributed by atoms with E-state index in [1.807, 2.05) is 72.8 Å². The van der Waals surface area contributed by atoms with Gasteiger partial charge in [0, 0.05) is 46.6 Å². The first-order valence-corrected chi connectivity index (χ1v) is 13.2. The second kappa shape index (κ2) is 9.94. The van der Waals surface area contributed by atoms with Crippen molar-refractivity contribution in [3.63, 3.8) is 0 Å². The zero-order chi connectivity index (χ0) is 27.1. The number of nitrogens with one attached hydrogen (secondary N) is 1. The van der Waals surface area contributed by atoms with Crippen LogP contribution in [0.25, 0.3) is 22.2 Å². The van der Waals surface area contributed by atoms with Crippen LogP contribution in [0.4, 0.5) is 0 Å². The molecule has 0 bridgehead atoms. The van der Waals surface area contributed by atoms with Gasteiger partial charge in [-0.2, -0.15) is 0 Å². The van der Waals surface area contributed by atoms with E-state index in [4.69, 9.17) is 10.5 Å². The molecule has 2 aliphatic heterocycles. The third-order valence-corrected chi connectivity index (χ3v) is 7.99. The molecule has 1 aromatic heterocycles. The van der Waals surface area contributed by atoms with Crippen molar-refractivity contribution in [2.45, 2.75) is 18.9 Å². The maximum absolute atomic E-state index is 13.8. The average Bonchev–Trinajstić information content (AvgIpc) is 3.48. The number of methoxy groups -OCH3 is 1. The summed E-state index contributed by atoms with van der Waals surface area (Å²) in [5, 5.41) is 0.990. The minimum atomic E-state index is -0.460. The SMILES string of the molecule is COc1cccc(-c2[nH]c3ccccc3c2[C@@H]2c3ccccc3C(=O)N2CC(=O)N2CCC(C(N)=O)CC2)c1. The number of para-hydroxylation sites is 1. The van der Waals surface area contributed by atoms with Gasteiger partial charge in [-0.3, -0.25) is 14.4 Å². The number of primary amides is 1. The lowest BCUT2D eigenvalue weighted by Crippen LogP contribution is -2.46. The Bertz CT molecular complexity index is 1580. The van der Waals surface area contributed by atoms with Gasteiger partial charge in [0.15, 0.2) is 0 Å². The van der Waals surface area contributed by atoms with Crippen molar-refractivity contribution in [3.8, 4) is 17.0 Å². The first-order chi connectivity index (χ1) is 19.0. The van der Waals surface area contributed by atoms with E-state index in [2.05, 4.69) is 4.98 Å². The van der Waals surface area contributed by atoms with E-state index in [-0.39, 0.29) is 30.2 Å². The molecule has 1 fully saturated rings. The molecule has 3 heterocycles. The maximum atomic E-state index is 13.8. The lowest BCUT2D eigenvalue weighted by atomic mass is 9.93. The van der Waals surface area contributed by atoms with Gasteiger partial charge in [-0.05, 0) is 42.7 Å². The lowest BCUT2D eigenvalue weighted by Gasteiger charge is -2.33. The highest BCUT2D eigenvalue weighted by molar-refractivity contribution is 6.03. The Kier molecular flexibility index (Phi) is 6.30. The van der Waals surface area contributed by atoms with Gasteiger partial charge < -0.3 is 25.3 Å². The van der Waals surface area contributed by atoms with Crippen molar-refractivity contribution in [1.82, 2.24) is 14.8 Å². The third kappa shape index (κ3) is 4.31. The van der Waals surface area contributed by atoms with Crippen molar-refractivity contribution in [3.05, 3.63) is 89.5 Å². The van der Waals surface area contributed by atoms with Crippen molar-refractivity contribution in [1.29, 1.82) is 0 Å². The van der Waals surface area contributed by atoms with Gasteiger partial charge in [0.25, 0.3) is 5.91 Å². The third-order valence-electron chi connectivity index (χ3n) is 7.99. The number of hydrogen-bond donors (Lipinski definition) is 2. The van der Waals surface area contributed by atoms with Crippen LogP contribution in [-0.4, -0.2) is 59.2 Å². The molecular formula is C31H30N4O4. The number of amides is 3. The van der Waals surface area contributed by atoms with Gasteiger partial charge in [0.05, 0.1) is 18.8 Å². The van der Waals surface area contributed by atoms with Gasteiger partial charge in [0.1, 0.15) is 12.3 Å². The summed E-state index contributed by atoms with van der Waals surface area (Å²) in [5.41, 5.74) is 10.6. The van der Waals surface area contributed by atoms with Gasteiger partial charge in [-0.1, -0.05) is 48.5 Å². The number of carbonyl (C=O) groups is 3. The smallest absolute Gasteiger partial charge is 0.255 e. The fourth-order valence-corrected chi connectivity index (χ4v) is 5.96. The van der Waals surface area contributed by atoms with Gasteiger partial charge >= 0.3 is 0 Å². The number of aromatic amines is 1. The summed E-state index contributed by atoms with van der Waals surface area (Å²) < 4.78 is 5.49. The predicted molar refractivity (Wildman–Crippen MR) is 148 cm³/mol. The molecular weight excluding hydrogens is 492 g/mol. The Hall–Kier alpha value is -4.59. The van der Waals surface area contributed by atoms with Crippen LogP contribution in [-0.2, 0) is 9.59 Å². The van der Waals surface area contributed by atoms with Crippen LogP contribution in [0.5, 0.6) is 5.75 Å². The van der Waals surface area contributed by atoms with Crippen molar-refractivity contribution >= 4 is 28.6 Å². The number of likely N-dealkylation sites (tertiary alicyclic amines) is 1. The van der Waals surface area contributed by atoms with E-state index in [9.17, 15) is 14.4 Å². The fourth-order valence-electron chi connectivity index (χ4n) is 5.96. The summed E-state index contributed by atoms with van der Waals surface area (Å²) in [6, 6.07) is 23.0. The lowest BCUT2D eigenvalue weighted by molar-refractivity contribution is -0.135. The van der Waals surface area contributed by atoms with Crippen LogP contribution >= 0.6 is 0 Å². The maximum Gasteiger partial charge on any atom is 0.255 e. The highest BCUT2D eigenvalue weighted by Gasteiger charge is 2.41. The number of rotatable bonds is 6. The quantitative estimate of drug-likeness (QED) is 0.397. The van der Waals surface area contributed by atoms with E-state index < -0.39 is 6.04 Å². The first kappa shape index (κ1) is 24.7. The standard InChI is InChI=1S/C31H30N4O4/c1-39-21-8-6-7-20(17-21)28-27(24-11-4-5-12-25(24)33-28)29-22-9-2-3-10-23(22)31(38)35(29)18-26(36)34-15-13-19(14-16-34)30(32)37/h2-12,17,19,29,33H,13-16,18H2,1H3,(H2,32,37)/t29-/m0/s1. The highest BCUT2D eigenvalue weighted by atomic mass is 16.5. The first-order valence-electron chi connectivity index (χ1n) is 13.2. The molecule has 39 heavy (non-hydrogen) atoms. The number of nitrogens with two attached hydrogens (primary N) is 1. The number of hydrogen-bond acceptors (Lipinski definition) is 4. The highest BCUT2D eigenvalue weighted by Crippen LogP contribution is 2.45. The van der Waals surface area contributed by atoms with Crippen LogP contribution < -0.4 is 10.5 Å². The van der Waals surface area contributed by atoms with Gasteiger partial charge in [-0.15, -0.1) is 0 Å². The molecule has 0 spiro atoms. The number of fused-ring (bicyclic) bond motifs is 2. The van der Waals surface area contributed by atoms with Gasteiger partial charge in [0.2, 0.25) is 11.8 Å². The molecule has 8 nitrogen and oxygen atoms in total. The normalized spacial score (nSPS) is 17.5. The molecule has 3 N–H and O–H groups in total. The number of carbonyl (C=O) groups excluding carboxylic acids is 3. The van der Waals surface area contributed by atoms with Crippen molar-refractivity contribution in [2.75, 3.05) is 26.7 Å². The number of nitrogens with zero attached hydrogens (tertiary/aromatic N) is 2. The molecule has 3 amide bonds. The zero-order valence-corrected chi connectivity index (χ0v) is 21.7. The summed E-state index contributed by atoms with van der Waals surface area (Å²) >= 11 is 0. The van der Waals surface area contributed by atoms with Crippen LogP contribution in [0, 0.1) is 5.92 Å². The van der Waals surface area contributed by atoms with Crippen LogP contribution in [0.1, 0.15) is 40.4 Å². The minimum absolute atomic E-state index is 0.0591. The fraction of sp³-hybridized carbons (Fsp3) is 0.258. The molecule has 0 radical (unpaired) electrons. The molecule has 198 valence electrons. The number of H-pyrrole nitrogens is 1. The van der Waals surface area contributed by atoms with E-state index in [0.29, 0.717) is 31.5 Å². The molecule has 2 aliphatic rings. The van der Waals surface area contributed by atoms with E-state index >= 15 is 0 Å². The summed E-state index contributed by atoms with van der Waals surface area (Å²) in [6.45, 7) is 0.846. The Morgan fingerprint density at radius 1 is 1.00 bits per heavy atom. The Morgan fingerprint density at radius 3 is 2.51 bits per heavy atom. The summed E-state index contributed by atoms with van der Waals surface area (Å²) in [7, 11) is 1.64. The molecule has 0 saturated carbocycles. The second-order valence-corrected chi connectivity index (χ2v) is 10.2. The van der Waals surface area contributed by atoms with Crippen LogP contribution in [0.2, 0.25) is 0 Å². The molecule has 0 aliphatic carbocycles. The molecule has 4 aromatic rings. The summed E-state index contributed by atoms with van der Waals surface area (Å²) in [6.07, 6.45) is 1.09. The summed E-state index contributed by atoms with van der Waals surface area (Å²) in [4.78, 5) is 46.0. The second-order valence-electron chi connectivity index (χ2n) is 10.2. The topological polar surface area (TPSA) is 109 Å². The summed E-state index contributed by atoms with van der Waals surface area (Å²) in [5.74, 6) is -0.107. The number of ether oxygens (including phenoxy) is 1. The monoisotopic (exact) mass is 522 g/mol. The van der Waals surface area contributed by atoms with E-state index in [1.54, 1.807) is 16.9 Å². The number of benzene rings is 3. The number of piperidine rings is 1. The van der Waals surface area contributed by atoms with Crippen LogP contribution in [0.3, 0.4) is 0 Å². The minimum Gasteiger partial charge on any atom is -0.497 e. The van der Waals surface area contributed by atoms with Crippen LogP contribution in [0.15, 0.2) is 72.8 Å². The Balaban J connectivity index is 1.44. The molecule has 6 rings (SSSR count). The van der Waals surface area contributed by atoms with Gasteiger partial charge in [-0.25, -0.2) is 0 Å². The molecule has 1 saturated heterocycles. The largest absolute Gasteiger partial charge is 0.497 e. The van der Waals surface area contributed by atoms with Crippen molar-refractivity contribution in [2.24, 2.45) is 11.7 Å². The molecule has 1 atom stereocenters. The van der Waals surface area contributed by atoms with E-state index in [1.165, 1.54) is 0 Å². The van der Waals surface area contributed by atoms with E-state index in [0.717, 1.165) is 39.0 Å². The molecule has 3 aromatic carbocycles. The molecule has 0 unspecified atom stereocenters. The number of aromatic nitrogens is 1.